The van der Waals surface area contributed by atoms with Crippen LogP contribution in [0.4, 0.5) is 0 Å². The van der Waals surface area contributed by atoms with E-state index in [1.807, 2.05) is 11.4 Å². The second-order valence-electron chi connectivity index (χ2n) is 5.10. The van der Waals surface area contributed by atoms with E-state index in [0.717, 1.165) is 28.6 Å². The lowest BCUT2D eigenvalue weighted by Gasteiger charge is -2.42. The van der Waals surface area contributed by atoms with Gasteiger partial charge in [-0.05, 0) is 40.8 Å². The average molecular weight is 331 g/mol. The first-order chi connectivity index (χ1) is 8.57. The summed E-state index contributed by atoms with van der Waals surface area (Å²) in [4.78, 5) is 12.3. The monoisotopic (exact) mass is 330 g/mol. The summed E-state index contributed by atoms with van der Waals surface area (Å²) in [6, 6.07) is 1.86. The van der Waals surface area contributed by atoms with Gasteiger partial charge in [-0.15, -0.1) is 11.3 Å². The SMILES string of the molecule is CC1CCCCC1(CN)NC(=O)c1csc(Br)c1. The number of nitrogens with one attached hydrogen (secondary N) is 1. The summed E-state index contributed by atoms with van der Waals surface area (Å²) in [6.07, 6.45) is 4.52. The second kappa shape index (κ2) is 5.72. The predicted octanol–water partition coefficient (Wildman–Crippen LogP) is 3.15. The molecule has 0 saturated heterocycles. The summed E-state index contributed by atoms with van der Waals surface area (Å²) in [5.41, 5.74) is 6.44. The van der Waals surface area contributed by atoms with Gasteiger partial charge in [-0.3, -0.25) is 4.79 Å². The van der Waals surface area contributed by atoms with Gasteiger partial charge in [0.05, 0.1) is 14.9 Å². The van der Waals surface area contributed by atoms with Crippen molar-refractivity contribution in [3.05, 3.63) is 20.8 Å². The van der Waals surface area contributed by atoms with Crippen molar-refractivity contribution in [1.82, 2.24) is 5.32 Å². The van der Waals surface area contributed by atoms with Crippen LogP contribution in [0.15, 0.2) is 15.2 Å². The minimum Gasteiger partial charge on any atom is -0.345 e. The molecule has 2 rings (SSSR count). The van der Waals surface area contributed by atoms with E-state index in [0.29, 0.717) is 12.5 Å². The maximum absolute atomic E-state index is 12.3. The van der Waals surface area contributed by atoms with E-state index in [-0.39, 0.29) is 11.4 Å². The first-order valence-electron chi connectivity index (χ1n) is 6.34. The Labute approximate surface area is 120 Å². The van der Waals surface area contributed by atoms with E-state index in [9.17, 15) is 4.79 Å². The maximum Gasteiger partial charge on any atom is 0.252 e. The lowest BCUT2D eigenvalue weighted by atomic mass is 9.73. The van der Waals surface area contributed by atoms with Gasteiger partial charge in [-0.1, -0.05) is 19.8 Å². The number of thiophene rings is 1. The number of halogens is 1. The highest BCUT2D eigenvalue weighted by atomic mass is 79.9. The first kappa shape index (κ1) is 14.0. The molecule has 1 aliphatic carbocycles. The Kier molecular flexibility index (Phi) is 4.45. The van der Waals surface area contributed by atoms with Crippen LogP contribution in [0, 0.1) is 5.92 Å². The zero-order chi connectivity index (χ0) is 13.2. The van der Waals surface area contributed by atoms with Crippen LogP contribution in [-0.4, -0.2) is 18.0 Å². The summed E-state index contributed by atoms with van der Waals surface area (Å²) in [7, 11) is 0. The molecule has 2 atom stereocenters. The van der Waals surface area contributed by atoms with Crippen LogP contribution in [0.1, 0.15) is 43.0 Å². The molecule has 0 radical (unpaired) electrons. The van der Waals surface area contributed by atoms with Crippen molar-refractivity contribution in [1.29, 1.82) is 0 Å². The quantitative estimate of drug-likeness (QED) is 0.894. The van der Waals surface area contributed by atoms with Crippen LogP contribution >= 0.6 is 27.3 Å². The summed E-state index contributed by atoms with van der Waals surface area (Å²) in [5.74, 6) is 0.443. The predicted molar refractivity (Wildman–Crippen MR) is 78.9 cm³/mol. The lowest BCUT2D eigenvalue weighted by molar-refractivity contribution is 0.0813. The molecular weight excluding hydrogens is 312 g/mol. The van der Waals surface area contributed by atoms with Crippen LogP contribution in [-0.2, 0) is 0 Å². The second-order valence-corrected chi connectivity index (χ2v) is 7.39. The third-order valence-corrected chi connectivity index (χ3v) is 5.51. The van der Waals surface area contributed by atoms with Gasteiger partial charge in [0.2, 0.25) is 0 Å². The normalized spacial score (nSPS) is 28.1. The summed E-state index contributed by atoms with van der Waals surface area (Å²) < 4.78 is 0.978. The molecule has 1 aromatic heterocycles. The lowest BCUT2D eigenvalue weighted by Crippen LogP contribution is -2.59. The van der Waals surface area contributed by atoms with E-state index >= 15 is 0 Å². The van der Waals surface area contributed by atoms with Gasteiger partial charge >= 0.3 is 0 Å². The highest BCUT2D eigenvalue weighted by Gasteiger charge is 2.38. The number of amides is 1. The summed E-state index contributed by atoms with van der Waals surface area (Å²) in [6.45, 7) is 2.71. The Morgan fingerprint density at radius 3 is 3.00 bits per heavy atom. The minimum atomic E-state index is -0.219. The van der Waals surface area contributed by atoms with Crippen LogP contribution in [0.3, 0.4) is 0 Å². The number of carbonyl (C=O) groups is 1. The fourth-order valence-electron chi connectivity index (χ4n) is 2.68. The smallest absolute Gasteiger partial charge is 0.252 e. The molecule has 18 heavy (non-hydrogen) atoms. The Bertz CT molecular complexity index is 434. The molecule has 2 unspecified atom stereocenters. The largest absolute Gasteiger partial charge is 0.345 e. The first-order valence-corrected chi connectivity index (χ1v) is 8.01. The van der Waals surface area contributed by atoms with E-state index in [1.165, 1.54) is 17.8 Å². The van der Waals surface area contributed by atoms with E-state index in [2.05, 4.69) is 28.2 Å². The zero-order valence-corrected chi connectivity index (χ0v) is 12.9. The van der Waals surface area contributed by atoms with Crippen molar-refractivity contribution in [3.8, 4) is 0 Å². The third-order valence-electron chi connectivity index (χ3n) is 4.01. The molecule has 0 aromatic carbocycles. The molecule has 3 N–H and O–H groups in total. The maximum atomic E-state index is 12.3. The Morgan fingerprint density at radius 1 is 1.67 bits per heavy atom. The Balaban J connectivity index is 2.12. The summed E-state index contributed by atoms with van der Waals surface area (Å²) >= 11 is 4.91. The molecule has 1 amide bonds. The minimum absolute atomic E-state index is 0.00356. The molecular formula is C13H19BrN2OS. The van der Waals surface area contributed by atoms with Crippen LogP contribution in [0.5, 0.6) is 0 Å². The molecule has 100 valence electrons. The van der Waals surface area contributed by atoms with E-state index in [1.54, 1.807) is 0 Å². The van der Waals surface area contributed by atoms with E-state index < -0.39 is 0 Å². The molecule has 1 fully saturated rings. The molecule has 1 saturated carbocycles. The van der Waals surface area contributed by atoms with Crippen LogP contribution in [0.2, 0.25) is 0 Å². The Morgan fingerprint density at radius 2 is 2.44 bits per heavy atom. The van der Waals surface area contributed by atoms with Gasteiger partial charge in [0.1, 0.15) is 0 Å². The van der Waals surface area contributed by atoms with Gasteiger partial charge in [0.25, 0.3) is 5.91 Å². The van der Waals surface area contributed by atoms with Gasteiger partial charge in [0.15, 0.2) is 0 Å². The molecule has 1 aliphatic rings. The van der Waals surface area contributed by atoms with Crippen molar-refractivity contribution >= 4 is 33.2 Å². The third kappa shape index (κ3) is 2.78. The van der Waals surface area contributed by atoms with Crippen molar-refractivity contribution in [2.24, 2.45) is 11.7 Å². The van der Waals surface area contributed by atoms with Crippen molar-refractivity contribution in [2.45, 2.75) is 38.1 Å². The van der Waals surface area contributed by atoms with Crippen LogP contribution in [0.25, 0.3) is 0 Å². The molecule has 0 aliphatic heterocycles. The number of nitrogens with two attached hydrogens (primary N) is 1. The number of rotatable bonds is 3. The van der Waals surface area contributed by atoms with Crippen molar-refractivity contribution < 1.29 is 4.79 Å². The molecule has 1 heterocycles. The molecule has 0 spiro atoms. The summed E-state index contributed by atoms with van der Waals surface area (Å²) in [5, 5.41) is 5.06. The standard InChI is InChI=1S/C13H19BrN2OS/c1-9-4-2-3-5-13(9,8-15)16-12(17)10-6-11(14)18-7-10/h6-7,9H,2-5,8,15H2,1H3,(H,16,17). The van der Waals surface area contributed by atoms with Crippen molar-refractivity contribution in [2.75, 3.05) is 6.54 Å². The number of hydrogen-bond donors (Lipinski definition) is 2. The molecule has 1 aromatic rings. The zero-order valence-electron chi connectivity index (χ0n) is 10.5. The average Bonchev–Trinajstić information content (AvgIpc) is 2.79. The topological polar surface area (TPSA) is 55.1 Å². The van der Waals surface area contributed by atoms with Gasteiger partial charge in [-0.25, -0.2) is 0 Å². The number of carbonyl (C=O) groups excluding carboxylic acids is 1. The Hall–Kier alpha value is -0.390. The van der Waals surface area contributed by atoms with Gasteiger partial charge in [0, 0.05) is 11.9 Å². The highest BCUT2D eigenvalue weighted by Crippen LogP contribution is 2.33. The fourth-order valence-corrected chi connectivity index (χ4v) is 3.82. The van der Waals surface area contributed by atoms with E-state index in [4.69, 9.17) is 5.73 Å². The van der Waals surface area contributed by atoms with Crippen molar-refractivity contribution in [3.63, 3.8) is 0 Å². The van der Waals surface area contributed by atoms with Gasteiger partial charge in [-0.2, -0.15) is 0 Å². The number of hydrogen-bond acceptors (Lipinski definition) is 3. The molecule has 0 bridgehead atoms. The van der Waals surface area contributed by atoms with Crippen LogP contribution < -0.4 is 11.1 Å². The fraction of sp³-hybridized carbons (Fsp3) is 0.615. The highest BCUT2D eigenvalue weighted by molar-refractivity contribution is 9.11. The van der Waals surface area contributed by atoms with Gasteiger partial charge < -0.3 is 11.1 Å². The molecule has 5 heteroatoms. The molecule has 3 nitrogen and oxygen atoms in total.